The lowest BCUT2D eigenvalue weighted by molar-refractivity contribution is 0.700. The molecule has 0 fully saturated rings. The molecule has 2 N–H and O–H groups in total. The molecule has 0 atom stereocenters. The van der Waals surface area contributed by atoms with Crippen LogP contribution < -0.4 is 11.1 Å². The molecule has 3 aromatic heterocycles. The van der Waals surface area contributed by atoms with Gasteiger partial charge < -0.3 is 9.97 Å². The van der Waals surface area contributed by atoms with Gasteiger partial charge in [0.05, 0.1) is 11.1 Å². The van der Waals surface area contributed by atoms with Crippen LogP contribution in [-0.2, 0) is 12.8 Å². The van der Waals surface area contributed by atoms with Crippen molar-refractivity contribution in [2.45, 2.75) is 25.7 Å². The van der Waals surface area contributed by atoms with Crippen LogP contribution in [0.1, 0.15) is 23.3 Å². The molecule has 1 aliphatic carbocycles. The average Bonchev–Trinajstić information content (AvgIpc) is 2.86. The second-order valence-corrected chi connectivity index (χ2v) is 6.34. The van der Waals surface area contributed by atoms with E-state index in [4.69, 9.17) is 0 Å². The summed E-state index contributed by atoms with van der Waals surface area (Å²) < 4.78 is 0. The summed E-state index contributed by atoms with van der Waals surface area (Å²) in [4.78, 5) is 35.9. The van der Waals surface area contributed by atoms with Crippen LogP contribution in [-0.4, -0.2) is 15.0 Å². The molecule has 0 radical (unpaired) electrons. The molecular formula is C15H13N3O2S. The number of nitrogens with zero attached hydrogens (tertiary/aromatic N) is 1. The van der Waals surface area contributed by atoms with Crippen LogP contribution in [0.3, 0.4) is 0 Å². The number of hydrogen-bond donors (Lipinski definition) is 2. The SMILES string of the molecule is O=c1cccc(-c2nc(=O)c3c4c(sc3[nH]2)CCCC4)[nH]1. The first-order valence-corrected chi connectivity index (χ1v) is 7.78. The standard InChI is InChI=1S/C15H13N3O2S/c19-11-7-3-5-9(16-11)13-17-14(20)12-8-4-1-2-6-10(8)21-15(12)18-13/h3,5,7H,1-2,4,6H2,(H,16,19)(H,17,18,20). The van der Waals surface area contributed by atoms with Crippen molar-refractivity contribution in [1.29, 1.82) is 0 Å². The number of nitrogens with one attached hydrogen (secondary N) is 2. The van der Waals surface area contributed by atoms with Crippen molar-refractivity contribution in [2.75, 3.05) is 0 Å². The Labute approximate surface area is 123 Å². The fourth-order valence-electron chi connectivity index (χ4n) is 2.89. The van der Waals surface area contributed by atoms with Crippen LogP contribution in [0.25, 0.3) is 21.7 Å². The smallest absolute Gasteiger partial charge is 0.282 e. The summed E-state index contributed by atoms with van der Waals surface area (Å²) in [5.41, 5.74) is 1.29. The minimum Gasteiger partial charge on any atom is -0.329 e. The molecule has 0 spiro atoms. The van der Waals surface area contributed by atoms with Gasteiger partial charge in [-0.3, -0.25) is 9.59 Å². The van der Waals surface area contributed by atoms with Gasteiger partial charge in [-0.2, -0.15) is 4.98 Å². The van der Waals surface area contributed by atoms with Gasteiger partial charge in [0, 0.05) is 10.9 Å². The van der Waals surface area contributed by atoms with Gasteiger partial charge in [0.1, 0.15) is 4.83 Å². The lowest BCUT2D eigenvalue weighted by atomic mass is 9.97. The number of thiophene rings is 1. The Bertz CT molecular complexity index is 951. The first-order chi connectivity index (χ1) is 10.2. The lowest BCUT2D eigenvalue weighted by Gasteiger charge is -2.09. The first kappa shape index (κ1) is 12.5. The van der Waals surface area contributed by atoms with Crippen molar-refractivity contribution < 1.29 is 0 Å². The topological polar surface area (TPSA) is 78.6 Å². The van der Waals surface area contributed by atoms with Gasteiger partial charge in [-0.25, -0.2) is 0 Å². The van der Waals surface area contributed by atoms with E-state index < -0.39 is 0 Å². The number of aromatic amines is 2. The van der Waals surface area contributed by atoms with Crippen molar-refractivity contribution in [3.63, 3.8) is 0 Å². The molecule has 0 aromatic carbocycles. The first-order valence-electron chi connectivity index (χ1n) is 6.96. The summed E-state index contributed by atoms with van der Waals surface area (Å²) in [5.74, 6) is 0.420. The Balaban J connectivity index is 1.98. The normalized spacial score (nSPS) is 14.3. The summed E-state index contributed by atoms with van der Waals surface area (Å²) in [6.07, 6.45) is 4.31. The maximum absolute atomic E-state index is 12.4. The van der Waals surface area contributed by atoms with Gasteiger partial charge in [-0.15, -0.1) is 11.3 Å². The largest absolute Gasteiger partial charge is 0.329 e. The molecule has 5 nitrogen and oxygen atoms in total. The van der Waals surface area contributed by atoms with Crippen molar-refractivity contribution in [3.05, 3.63) is 49.3 Å². The van der Waals surface area contributed by atoms with E-state index in [1.165, 1.54) is 22.9 Å². The molecule has 0 aliphatic heterocycles. The van der Waals surface area contributed by atoms with Gasteiger partial charge in [0.2, 0.25) is 5.56 Å². The van der Waals surface area contributed by atoms with E-state index in [9.17, 15) is 9.59 Å². The van der Waals surface area contributed by atoms with E-state index >= 15 is 0 Å². The lowest BCUT2D eigenvalue weighted by Crippen LogP contribution is -2.13. The minimum atomic E-state index is -0.208. The third kappa shape index (κ3) is 2.03. The summed E-state index contributed by atoms with van der Waals surface area (Å²) in [6, 6.07) is 4.82. The van der Waals surface area contributed by atoms with E-state index in [1.54, 1.807) is 23.5 Å². The Hall–Kier alpha value is -2.21. The highest BCUT2D eigenvalue weighted by Gasteiger charge is 2.19. The number of hydrogen-bond acceptors (Lipinski definition) is 4. The molecule has 0 saturated carbocycles. The van der Waals surface area contributed by atoms with E-state index in [0.717, 1.165) is 29.5 Å². The molecule has 0 bridgehead atoms. The zero-order chi connectivity index (χ0) is 14.4. The summed E-state index contributed by atoms with van der Waals surface area (Å²) in [5, 5.41) is 0.733. The molecular weight excluding hydrogens is 286 g/mol. The fraction of sp³-hybridized carbons (Fsp3) is 0.267. The zero-order valence-electron chi connectivity index (χ0n) is 11.2. The second-order valence-electron chi connectivity index (χ2n) is 5.23. The van der Waals surface area contributed by atoms with Gasteiger partial charge in [0.25, 0.3) is 5.56 Å². The van der Waals surface area contributed by atoms with Crippen LogP contribution in [0.15, 0.2) is 27.8 Å². The summed E-state index contributed by atoms with van der Waals surface area (Å²) in [6.45, 7) is 0. The summed E-state index contributed by atoms with van der Waals surface area (Å²) in [7, 11) is 0. The van der Waals surface area contributed by atoms with Gasteiger partial charge in [0.15, 0.2) is 5.82 Å². The Kier molecular flexibility index (Phi) is 2.78. The molecule has 21 heavy (non-hydrogen) atoms. The third-order valence-corrected chi connectivity index (χ3v) is 5.06. The van der Waals surface area contributed by atoms with E-state index in [2.05, 4.69) is 15.0 Å². The number of rotatable bonds is 1. The van der Waals surface area contributed by atoms with Crippen LogP contribution in [0.2, 0.25) is 0 Å². The number of pyridine rings is 1. The number of aryl methyl sites for hydroxylation is 2. The molecule has 3 aromatic rings. The highest BCUT2D eigenvalue weighted by Crippen LogP contribution is 2.33. The zero-order valence-corrected chi connectivity index (χ0v) is 12.0. The average molecular weight is 299 g/mol. The maximum atomic E-state index is 12.4. The number of H-pyrrole nitrogens is 2. The molecule has 3 heterocycles. The highest BCUT2D eigenvalue weighted by atomic mass is 32.1. The molecule has 4 rings (SSSR count). The predicted octanol–water partition coefficient (Wildman–Crippen LogP) is 2.22. The molecule has 0 saturated heterocycles. The third-order valence-electron chi connectivity index (χ3n) is 3.85. The van der Waals surface area contributed by atoms with E-state index in [1.807, 2.05) is 0 Å². The maximum Gasteiger partial charge on any atom is 0.282 e. The number of fused-ring (bicyclic) bond motifs is 3. The molecule has 0 unspecified atom stereocenters. The molecule has 6 heteroatoms. The predicted molar refractivity (Wildman–Crippen MR) is 82.9 cm³/mol. The molecule has 1 aliphatic rings. The quantitative estimate of drug-likeness (QED) is 0.723. The van der Waals surface area contributed by atoms with Crippen molar-refractivity contribution in [3.8, 4) is 11.5 Å². The summed E-state index contributed by atoms with van der Waals surface area (Å²) >= 11 is 1.64. The van der Waals surface area contributed by atoms with Gasteiger partial charge in [-0.1, -0.05) is 6.07 Å². The van der Waals surface area contributed by atoms with Crippen LogP contribution in [0.4, 0.5) is 0 Å². The van der Waals surface area contributed by atoms with Gasteiger partial charge in [-0.05, 0) is 37.3 Å². The van der Waals surface area contributed by atoms with Crippen molar-refractivity contribution in [2.24, 2.45) is 0 Å². The van der Waals surface area contributed by atoms with E-state index in [0.29, 0.717) is 11.5 Å². The molecule has 0 amide bonds. The second kappa shape index (κ2) is 4.66. The molecule has 106 valence electrons. The fourth-order valence-corrected chi connectivity index (χ4v) is 4.17. The van der Waals surface area contributed by atoms with Crippen LogP contribution in [0.5, 0.6) is 0 Å². The number of aromatic nitrogens is 3. The van der Waals surface area contributed by atoms with Crippen LogP contribution >= 0.6 is 11.3 Å². The van der Waals surface area contributed by atoms with Gasteiger partial charge >= 0.3 is 0 Å². The minimum absolute atomic E-state index is 0.206. The van der Waals surface area contributed by atoms with E-state index in [-0.39, 0.29) is 11.1 Å². The Morgan fingerprint density at radius 1 is 1.10 bits per heavy atom. The Morgan fingerprint density at radius 3 is 2.81 bits per heavy atom. The van der Waals surface area contributed by atoms with Crippen molar-refractivity contribution >= 4 is 21.6 Å². The van der Waals surface area contributed by atoms with Crippen LogP contribution in [0, 0.1) is 0 Å². The monoisotopic (exact) mass is 299 g/mol. The van der Waals surface area contributed by atoms with Crippen molar-refractivity contribution in [1.82, 2.24) is 15.0 Å². The highest BCUT2D eigenvalue weighted by molar-refractivity contribution is 7.18. The Morgan fingerprint density at radius 2 is 1.95 bits per heavy atom.